The molecule has 0 aliphatic heterocycles. The molecule has 0 aromatic carbocycles. The van der Waals surface area contributed by atoms with Crippen molar-refractivity contribution in [2.24, 2.45) is 5.73 Å². The number of nitrogens with zero attached hydrogens (tertiary/aromatic N) is 1. The largest absolute Gasteiger partial charge is 0.385 e. The Kier molecular flexibility index (Phi) is 8.82. The van der Waals surface area contributed by atoms with Crippen LogP contribution in [0.5, 0.6) is 0 Å². The fraction of sp³-hybridized carbons (Fsp3) is 0.933. The second-order valence-electron chi connectivity index (χ2n) is 5.63. The second-order valence-corrected chi connectivity index (χ2v) is 5.63. The van der Waals surface area contributed by atoms with E-state index in [1.54, 1.807) is 7.11 Å². The van der Waals surface area contributed by atoms with Crippen LogP contribution in [0.3, 0.4) is 0 Å². The summed E-state index contributed by atoms with van der Waals surface area (Å²) in [7, 11) is 1.68. The smallest absolute Gasteiger partial charge is 0.237 e. The molecule has 0 heterocycles. The van der Waals surface area contributed by atoms with Gasteiger partial charge in [0.05, 0.1) is 6.04 Å². The van der Waals surface area contributed by atoms with Gasteiger partial charge >= 0.3 is 0 Å². The molecule has 1 aliphatic rings. The highest BCUT2D eigenvalue weighted by Gasteiger charge is 2.28. The normalized spacial score (nSPS) is 18.2. The third-order valence-corrected chi connectivity index (χ3v) is 4.13. The Morgan fingerprint density at radius 1 is 1.40 bits per heavy atom. The van der Waals surface area contributed by atoms with E-state index < -0.39 is 0 Å². The summed E-state index contributed by atoms with van der Waals surface area (Å²) in [5, 5.41) is 2.99. The van der Waals surface area contributed by atoms with E-state index in [0.717, 1.165) is 13.0 Å². The number of rotatable bonds is 9. The summed E-state index contributed by atoms with van der Waals surface area (Å²) in [5.74, 6) is 0.111. The Morgan fingerprint density at radius 2 is 2.10 bits per heavy atom. The molecule has 1 aliphatic carbocycles. The predicted octanol–water partition coefficient (Wildman–Crippen LogP) is 1.12. The number of carbonyl (C=O) groups excluding carboxylic acids is 1. The Balaban J connectivity index is 2.44. The van der Waals surface area contributed by atoms with Crippen molar-refractivity contribution in [2.75, 3.05) is 33.4 Å². The van der Waals surface area contributed by atoms with Crippen LogP contribution >= 0.6 is 0 Å². The average molecular weight is 285 g/mol. The fourth-order valence-electron chi connectivity index (χ4n) is 2.98. The summed E-state index contributed by atoms with van der Waals surface area (Å²) in [6.07, 6.45) is 7.12. The lowest BCUT2D eigenvalue weighted by Crippen LogP contribution is -2.52. The monoisotopic (exact) mass is 285 g/mol. The number of ether oxygens (including phenoxy) is 1. The van der Waals surface area contributed by atoms with Gasteiger partial charge in [-0.15, -0.1) is 0 Å². The van der Waals surface area contributed by atoms with Gasteiger partial charge in [0.15, 0.2) is 0 Å². The molecule has 0 spiro atoms. The van der Waals surface area contributed by atoms with E-state index >= 15 is 0 Å². The molecule has 5 nitrogen and oxygen atoms in total. The van der Waals surface area contributed by atoms with Crippen molar-refractivity contribution >= 4 is 5.91 Å². The SMILES string of the molecule is COCCCNC(=O)C(C)N(CCN)C1CCCCC1. The third kappa shape index (κ3) is 5.77. The molecule has 0 bridgehead atoms. The zero-order valence-electron chi connectivity index (χ0n) is 13.1. The molecule has 118 valence electrons. The van der Waals surface area contributed by atoms with Crippen molar-refractivity contribution in [1.29, 1.82) is 0 Å². The number of methoxy groups -OCH3 is 1. The molecule has 1 atom stereocenters. The Hall–Kier alpha value is -0.650. The van der Waals surface area contributed by atoms with Crippen molar-refractivity contribution < 1.29 is 9.53 Å². The van der Waals surface area contributed by atoms with Crippen LogP contribution in [-0.2, 0) is 9.53 Å². The quantitative estimate of drug-likeness (QED) is 0.623. The molecule has 3 N–H and O–H groups in total. The van der Waals surface area contributed by atoms with Gasteiger partial charge in [-0.05, 0) is 26.2 Å². The molecule has 1 fully saturated rings. The molecule has 0 aromatic heterocycles. The van der Waals surface area contributed by atoms with Crippen molar-refractivity contribution in [1.82, 2.24) is 10.2 Å². The van der Waals surface area contributed by atoms with E-state index in [2.05, 4.69) is 10.2 Å². The number of amides is 1. The lowest BCUT2D eigenvalue weighted by molar-refractivity contribution is -0.127. The maximum Gasteiger partial charge on any atom is 0.237 e. The highest BCUT2D eigenvalue weighted by molar-refractivity contribution is 5.81. The molecule has 0 aromatic rings. The Labute approximate surface area is 123 Å². The van der Waals surface area contributed by atoms with Gasteiger partial charge < -0.3 is 15.8 Å². The number of hydrogen-bond donors (Lipinski definition) is 2. The van der Waals surface area contributed by atoms with Gasteiger partial charge in [-0.3, -0.25) is 9.69 Å². The zero-order valence-corrected chi connectivity index (χ0v) is 13.1. The number of nitrogens with two attached hydrogens (primary N) is 1. The molecule has 5 heteroatoms. The summed E-state index contributed by atoms with van der Waals surface area (Å²) in [6.45, 7) is 4.77. The molecule has 0 saturated heterocycles. The van der Waals surface area contributed by atoms with E-state index in [1.807, 2.05) is 6.92 Å². The van der Waals surface area contributed by atoms with E-state index in [-0.39, 0.29) is 11.9 Å². The lowest BCUT2D eigenvalue weighted by Gasteiger charge is -2.37. The molecular weight excluding hydrogens is 254 g/mol. The first-order valence-corrected chi connectivity index (χ1v) is 7.93. The maximum absolute atomic E-state index is 12.2. The van der Waals surface area contributed by atoms with E-state index in [9.17, 15) is 4.79 Å². The van der Waals surface area contributed by atoms with Gasteiger partial charge in [0.1, 0.15) is 0 Å². The minimum absolute atomic E-state index is 0.0933. The molecule has 20 heavy (non-hydrogen) atoms. The van der Waals surface area contributed by atoms with Gasteiger partial charge in [0, 0.05) is 39.4 Å². The standard InChI is InChI=1S/C15H31N3O2/c1-13(15(19)17-10-6-12-20-2)18(11-9-16)14-7-4-3-5-8-14/h13-14H,3-12,16H2,1-2H3,(H,17,19). The number of nitrogens with one attached hydrogen (secondary N) is 1. The summed E-state index contributed by atoms with van der Waals surface area (Å²) in [6, 6.07) is 0.427. The van der Waals surface area contributed by atoms with Crippen LogP contribution in [0.4, 0.5) is 0 Å². The zero-order chi connectivity index (χ0) is 14.8. The third-order valence-electron chi connectivity index (χ3n) is 4.13. The van der Waals surface area contributed by atoms with E-state index in [1.165, 1.54) is 32.1 Å². The van der Waals surface area contributed by atoms with Gasteiger partial charge in [0.2, 0.25) is 5.91 Å². The van der Waals surface area contributed by atoms with Crippen molar-refractivity contribution in [3.8, 4) is 0 Å². The van der Waals surface area contributed by atoms with Crippen molar-refractivity contribution in [3.63, 3.8) is 0 Å². The second kappa shape index (κ2) is 10.1. The van der Waals surface area contributed by atoms with Crippen molar-refractivity contribution in [2.45, 2.75) is 57.5 Å². The predicted molar refractivity (Wildman–Crippen MR) is 81.6 cm³/mol. The summed E-state index contributed by atoms with van der Waals surface area (Å²) in [4.78, 5) is 14.5. The minimum atomic E-state index is -0.0933. The van der Waals surface area contributed by atoms with Crippen LogP contribution in [0.15, 0.2) is 0 Å². The number of hydrogen-bond acceptors (Lipinski definition) is 4. The molecule has 1 rings (SSSR count). The first-order valence-electron chi connectivity index (χ1n) is 7.93. The Morgan fingerprint density at radius 3 is 2.70 bits per heavy atom. The molecule has 1 unspecified atom stereocenters. The maximum atomic E-state index is 12.2. The van der Waals surface area contributed by atoms with Crippen LogP contribution in [0, 0.1) is 0 Å². The van der Waals surface area contributed by atoms with Crippen LogP contribution in [-0.4, -0.2) is 56.2 Å². The van der Waals surface area contributed by atoms with E-state index in [0.29, 0.717) is 25.7 Å². The summed E-state index contributed by atoms with van der Waals surface area (Å²) >= 11 is 0. The first-order chi connectivity index (χ1) is 9.70. The highest BCUT2D eigenvalue weighted by atomic mass is 16.5. The van der Waals surface area contributed by atoms with E-state index in [4.69, 9.17) is 10.5 Å². The minimum Gasteiger partial charge on any atom is -0.385 e. The highest BCUT2D eigenvalue weighted by Crippen LogP contribution is 2.23. The van der Waals surface area contributed by atoms with Crippen LogP contribution in [0.2, 0.25) is 0 Å². The molecule has 1 amide bonds. The fourth-order valence-corrected chi connectivity index (χ4v) is 2.98. The lowest BCUT2D eigenvalue weighted by atomic mass is 9.93. The van der Waals surface area contributed by atoms with Crippen LogP contribution in [0.1, 0.15) is 45.4 Å². The summed E-state index contributed by atoms with van der Waals surface area (Å²) < 4.78 is 4.99. The molecule has 1 saturated carbocycles. The summed E-state index contributed by atoms with van der Waals surface area (Å²) in [5.41, 5.74) is 5.72. The first kappa shape index (κ1) is 17.4. The van der Waals surface area contributed by atoms with Crippen LogP contribution < -0.4 is 11.1 Å². The van der Waals surface area contributed by atoms with Gasteiger partial charge in [-0.2, -0.15) is 0 Å². The topological polar surface area (TPSA) is 67.6 Å². The van der Waals surface area contributed by atoms with Crippen LogP contribution in [0.25, 0.3) is 0 Å². The number of carbonyl (C=O) groups is 1. The Bertz CT molecular complexity index is 268. The van der Waals surface area contributed by atoms with Crippen molar-refractivity contribution in [3.05, 3.63) is 0 Å². The van der Waals surface area contributed by atoms with Gasteiger partial charge in [-0.25, -0.2) is 0 Å². The molecular formula is C15H31N3O2. The molecule has 0 radical (unpaired) electrons. The van der Waals surface area contributed by atoms with Gasteiger partial charge in [0.25, 0.3) is 0 Å². The van der Waals surface area contributed by atoms with Gasteiger partial charge in [-0.1, -0.05) is 19.3 Å². The average Bonchev–Trinajstić information content (AvgIpc) is 2.49.